The van der Waals surface area contributed by atoms with Crippen molar-refractivity contribution in [2.75, 3.05) is 39.8 Å². The number of methoxy groups -OCH3 is 1. The van der Waals surface area contributed by atoms with Crippen molar-refractivity contribution in [2.24, 2.45) is 5.92 Å². The van der Waals surface area contributed by atoms with Crippen LogP contribution in [0.2, 0.25) is 0 Å². The largest absolute Gasteiger partial charge is 0.468 e. The first kappa shape index (κ1) is 15.7. The molecule has 2 saturated heterocycles. The van der Waals surface area contributed by atoms with Crippen molar-refractivity contribution in [3.8, 4) is 0 Å². The highest BCUT2D eigenvalue weighted by Crippen LogP contribution is 2.20. The minimum Gasteiger partial charge on any atom is -0.468 e. The molecule has 5 heteroatoms. The van der Waals surface area contributed by atoms with Gasteiger partial charge in [0, 0.05) is 13.1 Å². The zero-order valence-electron chi connectivity index (χ0n) is 12.8. The number of carbonyl (C=O) groups is 1. The van der Waals surface area contributed by atoms with Gasteiger partial charge in [0.2, 0.25) is 0 Å². The molecule has 0 bridgehead atoms. The van der Waals surface area contributed by atoms with Gasteiger partial charge in [-0.2, -0.15) is 0 Å². The predicted molar refractivity (Wildman–Crippen MR) is 77.5 cm³/mol. The fourth-order valence-electron chi connectivity index (χ4n) is 3.32. The lowest BCUT2D eigenvalue weighted by Crippen LogP contribution is -2.46. The molecule has 0 aromatic rings. The van der Waals surface area contributed by atoms with Crippen molar-refractivity contribution >= 4 is 5.97 Å². The molecule has 0 aliphatic carbocycles. The summed E-state index contributed by atoms with van der Waals surface area (Å²) in [7, 11) is 1.43. The number of aliphatic hydroxyl groups is 1. The molecule has 116 valence electrons. The van der Waals surface area contributed by atoms with E-state index in [1.54, 1.807) is 0 Å². The first-order valence-corrected chi connectivity index (χ1v) is 7.82. The van der Waals surface area contributed by atoms with Crippen LogP contribution in [0.5, 0.6) is 0 Å². The number of aliphatic hydroxyl groups excluding tert-OH is 1. The van der Waals surface area contributed by atoms with Crippen LogP contribution in [0.15, 0.2) is 0 Å². The number of likely N-dealkylation sites (tertiary alicyclic amines) is 2. The third kappa shape index (κ3) is 4.17. The van der Waals surface area contributed by atoms with Crippen LogP contribution >= 0.6 is 0 Å². The number of esters is 1. The van der Waals surface area contributed by atoms with Crippen molar-refractivity contribution in [1.29, 1.82) is 0 Å². The SMILES string of the molecule is COC(=O)C1CCCN1CC(O)CN1CCC(C)CC1. The van der Waals surface area contributed by atoms with E-state index >= 15 is 0 Å². The van der Waals surface area contributed by atoms with Gasteiger partial charge in [0.15, 0.2) is 0 Å². The Labute approximate surface area is 121 Å². The van der Waals surface area contributed by atoms with Crippen molar-refractivity contribution in [3.63, 3.8) is 0 Å². The predicted octanol–water partition coefficient (Wildman–Crippen LogP) is 0.717. The Morgan fingerprint density at radius 2 is 1.95 bits per heavy atom. The smallest absolute Gasteiger partial charge is 0.323 e. The van der Waals surface area contributed by atoms with Crippen molar-refractivity contribution in [1.82, 2.24) is 9.80 Å². The number of ether oxygens (including phenoxy) is 1. The van der Waals surface area contributed by atoms with Gasteiger partial charge in [-0.1, -0.05) is 6.92 Å². The molecule has 2 aliphatic rings. The van der Waals surface area contributed by atoms with E-state index in [4.69, 9.17) is 4.74 Å². The van der Waals surface area contributed by atoms with E-state index in [9.17, 15) is 9.90 Å². The van der Waals surface area contributed by atoms with Gasteiger partial charge in [-0.3, -0.25) is 9.69 Å². The molecular weight excluding hydrogens is 256 g/mol. The Morgan fingerprint density at radius 1 is 1.25 bits per heavy atom. The van der Waals surface area contributed by atoms with Crippen LogP contribution in [-0.4, -0.2) is 72.9 Å². The third-order valence-electron chi connectivity index (χ3n) is 4.63. The summed E-state index contributed by atoms with van der Waals surface area (Å²) in [6.07, 6.45) is 3.92. The lowest BCUT2D eigenvalue weighted by Gasteiger charge is -2.33. The number of carbonyl (C=O) groups excluding carboxylic acids is 1. The Morgan fingerprint density at radius 3 is 2.60 bits per heavy atom. The van der Waals surface area contributed by atoms with Gasteiger partial charge < -0.3 is 14.7 Å². The zero-order chi connectivity index (χ0) is 14.5. The fourth-order valence-corrected chi connectivity index (χ4v) is 3.32. The molecule has 5 nitrogen and oxygen atoms in total. The van der Waals surface area contributed by atoms with Gasteiger partial charge in [-0.15, -0.1) is 0 Å². The third-order valence-corrected chi connectivity index (χ3v) is 4.63. The second kappa shape index (κ2) is 7.38. The zero-order valence-corrected chi connectivity index (χ0v) is 12.8. The lowest BCUT2D eigenvalue weighted by molar-refractivity contribution is -0.146. The van der Waals surface area contributed by atoms with E-state index in [2.05, 4.69) is 16.7 Å². The van der Waals surface area contributed by atoms with Crippen LogP contribution < -0.4 is 0 Å². The van der Waals surface area contributed by atoms with Gasteiger partial charge in [-0.05, 0) is 51.2 Å². The monoisotopic (exact) mass is 284 g/mol. The molecule has 2 aliphatic heterocycles. The highest BCUT2D eigenvalue weighted by atomic mass is 16.5. The molecule has 0 aromatic heterocycles. The fraction of sp³-hybridized carbons (Fsp3) is 0.933. The number of piperidine rings is 1. The number of rotatable bonds is 5. The molecule has 20 heavy (non-hydrogen) atoms. The van der Waals surface area contributed by atoms with E-state index in [-0.39, 0.29) is 18.1 Å². The minimum absolute atomic E-state index is 0.156. The quantitative estimate of drug-likeness (QED) is 0.754. The topological polar surface area (TPSA) is 53.0 Å². The van der Waals surface area contributed by atoms with Crippen molar-refractivity contribution in [3.05, 3.63) is 0 Å². The molecule has 0 amide bonds. The van der Waals surface area contributed by atoms with E-state index in [0.29, 0.717) is 6.54 Å². The highest BCUT2D eigenvalue weighted by molar-refractivity contribution is 5.75. The average Bonchev–Trinajstić information content (AvgIpc) is 2.88. The lowest BCUT2D eigenvalue weighted by atomic mass is 9.99. The maximum absolute atomic E-state index is 11.7. The normalized spacial score (nSPS) is 27.6. The van der Waals surface area contributed by atoms with Gasteiger partial charge in [0.05, 0.1) is 13.2 Å². The molecule has 0 radical (unpaired) electrons. The summed E-state index contributed by atoms with van der Waals surface area (Å²) in [5, 5.41) is 10.3. The maximum Gasteiger partial charge on any atom is 0.323 e. The summed E-state index contributed by atoms with van der Waals surface area (Å²) in [6.45, 7) is 6.63. The molecule has 0 spiro atoms. The molecule has 2 fully saturated rings. The van der Waals surface area contributed by atoms with E-state index in [1.165, 1.54) is 20.0 Å². The van der Waals surface area contributed by atoms with E-state index < -0.39 is 0 Å². The van der Waals surface area contributed by atoms with Gasteiger partial charge >= 0.3 is 5.97 Å². The van der Waals surface area contributed by atoms with Crippen LogP contribution in [0.4, 0.5) is 0 Å². The standard InChI is InChI=1S/C15H28N2O3/c1-12-5-8-16(9-6-12)10-13(18)11-17-7-3-4-14(17)15(19)20-2/h12-14,18H,3-11H2,1-2H3. The first-order valence-electron chi connectivity index (χ1n) is 7.82. The Balaban J connectivity index is 1.76. The van der Waals surface area contributed by atoms with Crippen LogP contribution in [0.1, 0.15) is 32.6 Å². The molecule has 2 atom stereocenters. The summed E-state index contributed by atoms with van der Waals surface area (Å²) in [5.74, 6) is 0.646. The average molecular weight is 284 g/mol. The van der Waals surface area contributed by atoms with E-state index in [1.807, 2.05) is 0 Å². The van der Waals surface area contributed by atoms with Crippen LogP contribution in [-0.2, 0) is 9.53 Å². The molecule has 0 aromatic carbocycles. The maximum atomic E-state index is 11.7. The molecule has 2 unspecified atom stereocenters. The summed E-state index contributed by atoms with van der Waals surface area (Å²) in [4.78, 5) is 16.1. The molecular formula is C15H28N2O3. The second-order valence-electron chi connectivity index (χ2n) is 6.31. The highest BCUT2D eigenvalue weighted by Gasteiger charge is 2.32. The van der Waals surface area contributed by atoms with Gasteiger partial charge in [-0.25, -0.2) is 0 Å². The summed E-state index contributed by atoms with van der Waals surface area (Å²) < 4.78 is 4.84. The Hall–Kier alpha value is -0.650. The summed E-state index contributed by atoms with van der Waals surface area (Å²) in [5.41, 5.74) is 0. The number of hydrogen-bond acceptors (Lipinski definition) is 5. The summed E-state index contributed by atoms with van der Waals surface area (Å²) >= 11 is 0. The van der Waals surface area contributed by atoms with Crippen LogP contribution in [0.3, 0.4) is 0 Å². The van der Waals surface area contributed by atoms with Crippen molar-refractivity contribution < 1.29 is 14.6 Å². The number of hydrogen-bond donors (Lipinski definition) is 1. The second-order valence-corrected chi connectivity index (χ2v) is 6.31. The number of nitrogens with zero attached hydrogens (tertiary/aromatic N) is 2. The first-order chi connectivity index (χ1) is 9.60. The minimum atomic E-state index is -0.381. The number of β-amino-alcohol motifs (C(OH)–C–C–N with tert-alkyl or cyclic N) is 1. The van der Waals surface area contributed by atoms with Crippen LogP contribution in [0, 0.1) is 5.92 Å². The van der Waals surface area contributed by atoms with Gasteiger partial charge in [0.1, 0.15) is 6.04 Å². The molecule has 2 heterocycles. The van der Waals surface area contributed by atoms with Gasteiger partial charge in [0.25, 0.3) is 0 Å². The van der Waals surface area contributed by atoms with Crippen LogP contribution in [0.25, 0.3) is 0 Å². The molecule has 1 N–H and O–H groups in total. The molecule has 0 saturated carbocycles. The Kier molecular flexibility index (Phi) is 5.81. The summed E-state index contributed by atoms with van der Waals surface area (Å²) in [6, 6.07) is -0.156. The van der Waals surface area contributed by atoms with E-state index in [0.717, 1.165) is 44.9 Å². The van der Waals surface area contributed by atoms with Crippen molar-refractivity contribution in [2.45, 2.75) is 44.8 Å². The Bertz CT molecular complexity index is 316. The molecule has 2 rings (SSSR count).